The summed E-state index contributed by atoms with van der Waals surface area (Å²) < 4.78 is 0. The SMILES string of the molecule is CCC(C)(C)Nc1cccc(Cl)c1C(N)=O. The lowest BCUT2D eigenvalue weighted by Gasteiger charge is -2.27. The molecule has 0 unspecified atom stereocenters. The molecule has 0 aliphatic heterocycles. The summed E-state index contributed by atoms with van der Waals surface area (Å²) in [7, 11) is 0. The minimum Gasteiger partial charge on any atom is -0.379 e. The van der Waals surface area contributed by atoms with Crippen molar-refractivity contribution in [2.24, 2.45) is 5.73 Å². The van der Waals surface area contributed by atoms with Crippen molar-refractivity contribution in [3.05, 3.63) is 28.8 Å². The fourth-order valence-electron chi connectivity index (χ4n) is 1.33. The molecule has 0 bridgehead atoms. The molecule has 0 aliphatic carbocycles. The summed E-state index contributed by atoms with van der Waals surface area (Å²) in [6.45, 7) is 6.18. The lowest BCUT2D eigenvalue weighted by molar-refractivity contribution is 0.100. The lowest BCUT2D eigenvalue weighted by atomic mass is 10.0. The van der Waals surface area contributed by atoms with Crippen molar-refractivity contribution in [3.63, 3.8) is 0 Å². The van der Waals surface area contributed by atoms with Gasteiger partial charge in [0.2, 0.25) is 0 Å². The van der Waals surface area contributed by atoms with Crippen LogP contribution in [0.5, 0.6) is 0 Å². The minimum absolute atomic E-state index is 0.102. The molecule has 0 saturated heterocycles. The van der Waals surface area contributed by atoms with Gasteiger partial charge in [0.25, 0.3) is 5.91 Å². The minimum atomic E-state index is -0.514. The van der Waals surface area contributed by atoms with E-state index in [0.29, 0.717) is 16.3 Å². The molecule has 0 saturated carbocycles. The zero-order valence-corrected chi connectivity index (χ0v) is 10.6. The third kappa shape index (κ3) is 2.89. The van der Waals surface area contributed by atoms with E-state index in [9.17, 15) is 4.79 Å². The first-order valence-corrected chi connectivity index (χ1v) is 5.61. The Morgan fingerprint density at radius 2 is 2.12 bits per heavy atom. The number of amides is 1. The molecular formula is C12H17ClN2O. The summed E-state index contributed by atoms with van der Waals surface area (Å²) in [5, 5.41) is 3.65. The number of halogens is 1. The van der Waals surface area contributed by atoms with Gasteiger partial charge in [0.05, 0.1) is 10.6 Å². The van der Waals surface area contributed by atoms with E-state index < -0.39 is 5.91 Å². The molecule has 0 heterocycles. The van der Waals surface area contributed by atoms with Crippen molar-refractivity contribution in [2.75, 3.05) is 5.32 Å². The summed E-state index contributed by atoms with van der Waals surface area (Å²) in [6, 6.07) is 5.26. The Hall–Kier alpha value is -1.22. The number of rotatable bonds is 4. The normalized spacial score (nSPS) is 11.2. The van der Waals surface area contributed by atoms with Crippen LogP contribution in [0, 0.1) is 0 Å². The maximum Gasteiger partial charge on any atom is 0.252 e. The Balaban J connectivity index is 3.14. The maximum absolute atomic E-state index is 11.3. The van der Waals surface area contributed by atoms with Crippen LogP contribution < -0.4 is 11.1 Å². The molecule has 16 heavy (non-hydrogen) atoms. The topological polar surface area (TPSA) is 55.1 Å². The van der Waals surface area contributed by atoms with Crippen LogP contribution in [0.25, 0.3) is 0 Å². The second kappa shape index (κ2) is 4.74. The first kappa shape index (κ1) is 12.8. The summed E-state index contributed by atoms with van der Waals surface area (Å²) in [5.41, 5.74) is 6.25. The predicted molar refractivity (Wildman–Crippen MR) is 68.0 cm³/mol. The van der Waals surface area contributed by atoms with Crippen molar-refractivity contribution < 1.29 is 4.79 Å². The van der Waals surface area contributed by atoms with Gasteiger partial charge in [-0.15, -0.1) is 0 Å². The molecule has 0 aliphatic rings. The van der Waals surface area contributed by atoms with E-state index in [1.807, 2.05) is 6.07 Å². The fraction of sp³-hybridized carbons (Fsp3) is 0.417. The molecular weight excluding hydrogens is 224 g/mol. The zero-order valence-electron chi connectivity index (χ0n) is 9.80. The second-order valence-corrected chi connectivity index (χ2v) is 4.80. The van der Waals surface area contributed by atoms with Crippen molar-refractivity contribution in [1.82, 2.24) is 0 Å². The van der Waals surface area contributed by atoms with Crippen molar-refractivity contribution >= 4 is 23.2 Å². The van der Waals surface area contributed by atoms with E-state index in [2.05, 4.69) is 26.1 Å². The quantitative estimate of drug-likeness (QED) is 0.850. The largest absolute Gasteiger partial charge is 0.379 e. The van der Waals surface area contributed by atoms with Crippen LogP contribution in [0.4, 0.5) is 5.69 Å². The van der Waals surface area contributed by atoms with Gasteiger partial charge in [-0.1, -0.05) is 24.6 Å². The van der Waals surface area contributed by atoms with Gasteiger partial charge < -0.3 is 11.1 Å². The van der Waals surface area contributed by atoms with Crippen LogP contribution in [0.2, 0.25) is 5.02 Å². The molecule has 0 aromatic heterocycles. The standard InChI is InChI=1S/C12H17ClN2O/c1-4-12(2,3)15-9-7-5-6-8(13)10(9)11(14)16/h5-7,15H,4H2,1-3H3,(H2,14,16). The van der Waals surface area contributed by atoms with Gasteiger partial charge in [-0.2, -0.15) is 0 Å². The van der Waals surface area contributed by atoms with Crippen LogP contribution in [-0.4, -0.2) is 11.4 Å². The summed E-state index contributed by atoms with van der Waals surface area (Å²) in [4.78, 5) is 11.3. The van der Waals surface area contributed by atoms with Gasteiger partial charge >= 0.3 is 0 Å². The van der Waals surface area contributed by atoms with Crippen LogP contribution >= 0.6 is 11.6 Å². The second-order valence-electron chi connectivity index (χ2n) is 4.39. The van der Waals surface area contributed by atoms with Crippen LogP contribution in [0.1, 0.15) is 37.6 Å². The Morgan fingerprint density at radius 3 is 2.62 bits per heavy atom. The number of primary amides is 1. The highest BCUT2D eigenvalue weighted by molar-refractivity contribution is 6.34. The highest BCUT2D eigenvalue weighted by Gasteiger charge is 2.19. The van der Waals surface area contributed by atoms with E-state index in [-0.39, 0.29) is 5.54 Å². The number of nitrogens with one attached hydrogen (secondary N) is 1. The fourth-order valence-corrected chi connectivity index (χ4v) is 1.60. The molecule has 1 rings (SSSR count). The van der Waals surface area contributed by atoms with E-state index in [4.69, 9.17) is 17.3 Å². The molecule has 3 nitrogen and oxygen atoms in total. The maximum atomic E-state index is 11.3. The average molecular weight is 241 g/mol. The van der Waals surface area contributed by atoms with Crippen LogP contribution in [0.3, 0.4) is 0 Å². The highest BCUT2D eigenvalue weighted by Crippen LogP contribution is 2.27. The first-order valence-electron chi connectivity index (χ1n) is 5.24. The van der Waals surface area contributed by atoms with Gasteiger partial charge in [0.15, 0.2) is 0 Å². The molecule has 88 valence electrons. The predicted octanol–water partition coefficient (Wildman–Crippen LogP) is 3.04. The Labute approximate surface area is 101 Å². The molecule has 0 radical (unpaired) electrons. The van der Waals surface area contributed by atoms with E-state index >= 15 is 0 Å². The smallest absolute Gasteiger partial charge is 0.252 e. The van der Waals surface area contributed by atoms with Gasteiger partial charge in [-0.05, 0) is 32.4 Å². The van der Waals surface area contributed by atoms with Crippen LogP contribution in [0.15, 0.2) is 18.2 Å². The van der Waals surface area contributed by atoms with Crippen molar-refractivity contribution in [3.8, 4) is 0 Å². The first-order chi connectivity index (χ1) is 7.37. The zero-order chi connectivity index (χ0) is 12.3. The number of carbonyl (C=O) groups is 1. The highest BCUT2D eigenvalue weighted by atomic mass is 35.5. The molecule has 0 fully saturated rings. The van der Waals surface area contributed by atoms with Crippen molar-refractivity contribution in [2.45, 2.75) is 32.7 Å². The summed E-state index contributed by atoms with van der Waals surface area (Å²) >= 11 is 5.96. The third-order valence-corrected chi connectivity index (χ3v) is 2.93. The molecule has 1 aromatic carbocycles. The van der Waals surface area contributed by atoms with Gasteiger partial charge in [-0.3, -0.25) is 4.79 Å². The van der Waals surface area contributed by atoms with Gasteiger partial charge in [0, 0.05) is 11.2 Å². The molecule has 0 spiro atoms. The monoisotopic (exact) mass is 240 g/mol. The molecule has 1 aromatic rings. The number of benzene rings is 1. The Kier molecular flexibility index (Phi) is 3.81. The van der Waals surface area contributed by atoms with E-state index in [0.717, 1.165) is 6.42 Å². The number of nitrogens with two attached hydrogens (primary N) is 1. The Bertz CT molecular complexity index is 402. The Morgan fingerprint density at radius 1 is 1.50 bits per heavy atom. The average Bonchev–Trinajstić information content (AvgIpc) is 2.16. The van der Waals surface area contributed by atoms with Gasteiger partial charge in [0.1, 0.15) is 0 Å². The van der Waals surface area contributed by atoms with Crippen molar-refractivity contribution in [1.29, 1.82) is 0 Å². The van der Waals surface area contributed by atoms with Gasteiger partial charge in [-0.25, -0.2) is 0 Å². The van der Waals surface area contributed by atoms with E-state index in [1.165, 1.54) is 0 Å². The lowest BCUT2D eigenvalue weighted by Crippen LogP contribution is -2.31. The summed E-state index contributed by atoms with van der Waals surface area (Å²) in [6.07, 6.45) is 0.928. The summed E-state index contributed by atoms with van der Waals surface area (Å²) in [5.74, 6) is -0.514. The van der Waals surface area contributed by atoms with E-state index in [1.54, 1.807) is 12.1 Å². The molecule has 3 N–H and O–H groups in total. The number of hydrogen-bond donors (Lipinski definition) is 2. The molecule has 4 heteroatoms. The number of carbonyl (C=O) groups excluding carboxylic acids is 1. The van der Waals surface area contributed by atoms with Crippen LogP contribution in [-0.2, 0) is 0 Å². The third-order valence-electron chi connectivity index (χ3n) is 2.62. The molecule has 1 amide bonds. The number of anilines is 1. The number of hydrogen-bond acceptors (Lipinski definition) is 2. The molecule has 0 atom stereocenters.